The molecule has 0 saturated heterocycles. The van der Waals surface area contributed by atoms with Crippen LogP contribution in [0.4, 0.5) is 4.79 Å². The Kier molecular flexibility index (Phi) is 4.98. The average Bonchev–Trinajstić information content (AvgIpc) is 2.87. The van der Waals surface area contributed by atoms with Crippen molar-refractivity contribution in [2.24, 2.45) is 0 Å². The van der Waals surface area contributed by atoms with Crippen molar-refractivity contribution in [3.63, 3.8) is 0 Å². The standard InChI is InChI=1S/C15H22N4O/c1-3-12(2)18-15(20)16-9-6-10-19-11-17-13-7-4-5-8-14(13)19/h4-5,7-8,11-12H,3,6,9-10H2,1-2H3,(H2,16,18,20). The molecule has 2 N–H and O–H groups in total. The van der Waals surface area contributed by atoms with E-state index in [0.717, 1.165) is 30.4 Å². The normalized spacial score (nSPS) is 12.3. The second-order valence-corrected chi connectivity index (χ2v) is 4.99. The van der Waals surface area contributed by atoms with Crippen molar-refractivity contribution in [2.45, 2.75) is 39.3 Å². The Morgan fingerprint density at radius 2 is 2.20 bits per heavy atom. The van der Waals surface area contributed by atoms with Crippen LogP contribution in [0.3, 0.4) is 0 Å². The van der Waals surface area contributed by atoms with Crippen molar-refractivity contribution in [2.75, 3.05) is 6.54 Å². The molecule has 1 heterocycles. The van der Waals surface area contributed by atoms with Gasteiger partial charge in [0, 0.05) is 19.1 Å². The molecule has 108 valence electrons. The van der Waals surface area contributed by atoms with Crippen LogP contribution in [0.1, 0.15) is 26.7 Å². The molecule has 5 heteroatoms. The van der Waals surface area contributed by atoms with Crippen LogP contribution in [-0.4, -0.2) is 28.2 Å². The Morgan fingerprint density at radius 1 is 1.40 bits per heavy atom. The Labute approximate surface area is 119 Å². The smallest absolute Gasteiger partial charge is 0.314 e. The number of nitrogens with zero attached hydrogens (tertiary/aromatic N) is 2. The lowest BCUT2D eigenvalue weighted by Gasteiger charge is -2.12. The largest absolute Gasteiger partial charge is 0.338 e. The molecule has 0 aliphatic heterocycles. The summed E-state index contributed by atoms with van der Waals surface area (Å²) in [5.74, 6) is 0. The second kappa shape index (κ2) is 6.93. The number of para-hydroxylation sites is 2. The molecule has 20 heavy (non-hydrogen) atoms. The Balaban J connectivity index is 1.75. The van der Waals surface area contributed by atoms with E-state index < -0.39 is 0 Å². The minimum absolute atomic E-state index is 0.0881. The summed E-state index contributed by atoms with van der Waals surface area (Å²) in [5.41, 5.74) is 2.14. The second-order valence-electron chi connectivity index (χ2n) is 4.99. The fourth-order valence-electron chi connectivity index (χ4n) is 2.02. The van der Waals surface area contributed by atoms with Crippen molar-refractivity contribution in [3.05, 3.63) is 30.6 Å². The first kappa shape index (κ1) is 14.4. The van der Waals surface area contributed by atoms with E-state index in [1.807, 2.05) is 31.5 Å². The number of aryl methyl sites for hydroxylation is 1. The molecule has 0 spiro atoms. The molecule has 1 atom stereocenters. The van der Waals surface area contributed by atoms with Crippen molar-refractivity contribution >= 4 is 17.1 Å². The summed E-state index contributed by atoms with van der Waals surface area (Å²) in [7, 11) is 0. The van der Waals surface area contributed by atoms with Crippen molar-refractivity contribution in [3.8, 4) is 0 Å². The molecular weight excluding hydrogens is 252 g/mol. The van der Waals surface area contributed by atoms with Crippen LogP contribution < -0.4 is 10.6 Å². The first-order valence-electron chi connectivity index (χ1n) is 7.15. The Morgan fingerprint density at radius 3 is 3.00 bits per heavy atom. The van der Waals surface area contributed by atoms with Gasteiger partial charge in [0.25, 0.3) is 0 Å². The molecular formula is C15H22N4O. The van der Waals surface area contributed by atoms with E-state index in [-0.39, 0.29) is 12.1 Å². The van der Waals surface area contributed by atoms with Crippen LogP contribution in [-0.2, 0) is 6.54 Å². The number of rotatable bonds is 6. The molecule has 1 aromatic heterocycles. The highest BCUT2D eigenvalue weighted by Crippen LogP contribution is 2.11. The molecule has 0 aliphatic carbocycles. The molecule has 0 bridgehead atoms. The number of fused-ring (bicyclic) bond motifs is 1. The van der Waals surface area contributed by atoms with Gasteiger partial charge < -0.3 is 15.2 Å². The predicted molar refractivity (Wildman–Crippen MR) is 80.6 cm³/mol. The van der Waals surface area contributed by atoms with Gasteiger partial charge in [-0.3, -0.25) is 0 Å². The summed E-state index contributed by atoms with van der Waals surface area (Å²) in [6.07, 6.45) is 3.67. The maximum absolute atomic E-state index is 11.5. The quantitative estimate of drug-likeness (QED) is 0.795. The van der Waals surface area contributed by atoms with Gasteiger partial charge in [0.15, 0.2) is 0 Å². The number of imidazole rings is 1. The van der Waals surface area contributed by atoms with Gasteiger partial charge >= 0.3 is 6.03 Å². The monoisotopic (exact) mass is 274 g/mol. The van der Waals surface area contributed by atoms with Gasteiger partial charge in [-0.2, -0.15) is 0 Å². The zero-order chi connectivity index (χ0) is 14.4. The van der Waals surface area contributed by atoms with Gasteiger partial charge in [-0.1, -0.05) is 19.1 Å². The minimum Gasteiger partial charge on any atom is -0.338 e. The number of nitrogens with one attached hydrogen (secondary N) is 2. The van der Waals surface area contributed by atoms with E-state index in [0.29, 0.717) is 6.54 Å². The van der Waals surface area contributed by atoms with Gasteiger partial charge in [0.2, 0.25) is 0 Å². The van der Waals surface area contributed by atoms with Crippen molar-refractivity contribution in [1.29, 1.82) is 0 Å². The van der Waals surface area contributed by atoms with E-state index in [9.17, 15) is 4.79 Å². The zero-order valence-electron chi connectivity index (χ0n) is 12.1. The van der Waals surface area contributed by atoms with Gasteiger partial charge in [0.1, 0.15) is 0 Å². The fourth-order valence-corrected chi connectivity index (χ4v) is 2.02. The Bertz CT molecular complexity index is 564. The summed E-state index contributed by atoms with van der Waals surface area (Å²) in [6.45, 7) is 5.56. The number of amides is 2. The molecule has 0 saturated carbocycles. The molecule has 2 rings (SSSR count). The maximum atomic E-state index is 11.5. The highest BCUT2D eigenvalue weighted by molar-refractivity contribution is 5.75. The molecule has 0 fully saturated rings. The lowest BCUT2D eigenvalue weighted by atomic mass is 10.3. The number of carbonyl (C=O) groups is 1. The summed E-state index contributed by atoms with van der Waals surface area (Å²) in [6, 6.07) is 8.19. The van der Waals surface area contributed by atoms with Crippen LogP contribution in [0, 0.1) is 0 Å². The van der Waals surface area contributed by atoms with E-state index in [1.165, 1.54) is 0 Å². The fraction of sp³-hybridized carbons (Fsp3) is 0.467. The summed E-state index contributed by atoms with van der Waals surface area (Å²) in [4.78, 5) is 15.9. The number of carbonyl (C=O) groups excluding carboxylic acids is 1. The van der Waals surface area contributed by atoms with Gasteiger partial charge in [-0.15, -0.1) is 0 Å². The third kappa shape index (κ3) is 3.73. The molecule has 0 radical (unpaired) electrons. The predicted octanol–water partition coefficient (Wildman–Crippen LogP) is 2.52. The lowest BCUT2D eigenvalue weighted by Crippen LogP contribution is -2.40. The molecule has 0 aliphatic rings. The minimum atomic E-state index is -0.0881. The zero-order valence-corrected chi connectivity index (χ0v) is 12.1. The molecule has 1 unspecified atom stereocenters. The Hall–Kier alpha value is -2.04. The molecule has 5 nitrogen and oxygen atoms in total. The van der Waals surface area contributed by atoms with E-state index >= 15 is 0 Å². The lowest BCUT2D eigenvalue weighted by molar-refractivity contribution is 0.237. The van der Waals surface area contributed by atoms with E-state index in [4.69, 9.17) is 0 Å². The molecule has 2 amide bonds. The number of benzene rings is 1. The third-order valence-electron chi connectivity index (χ3n) is 3.38. The molecule has 2 aromatic rings. The maximum Gasteiger partial charge on any atom is 0.314 e. The first-order chi connectivity index (χ1) is 9.70. The van der Waals surface area contributed by atoms with E-state index in [1.54, 1.807) is 0 Å². The highest BCUT2D eigenvalue weighted by Gasteiger charge is 2.04. The summed E-state index contributed by atoms with van der Waals surface area (Å²) < 4.78 is 2.11. The summed E-state index contributed by atoms with van der Waals surface area (Å²) in [5, 5.41) is 5.76. The number of hydrogen-bond donors (Lipinski definition) is 2. The number of aromatic nitrogens is 2. The number of hydrogen-bond acceptors (Lipinski definition) is 2. The van der Waals surface area contributed by atoms with E-state index in [2.05, 4.69) is 33.2 Å². The number of urea groups is 1. The van der Waals surface area contributed by atoms with Crippen LogP contribution >= 0.6 is 0 Å². The van der Waals surface area contributed by atoms with Crippen LogP contribution in [0.2, 0.25) is 0 Å². The van der Waals surface area contributed by atoms with Gasteiger partial charge in [0.05, 0.1) is 17.4 Å². The average molecular weight is 274 g/mol. The van der Waals surface area contributed by atoms with Crippen molar-refractivity contribution in [1.82, 2.24) is 20.2 Å². The van der Waals surface area contributed by atoms with Gasteiger partial charge in [-0.25, -0.2) is 9.78 Å². The first-order valence-corrected chi connectivity index (χ1v) is 7.15. The van der Waals surface area contributed by atoms with Crippen LogP contribution in [0.25, 0.3) is 11.0 Å². The van der Waals surface area contributed by atoms with Crippen molar-refractivity contribution < 1.29 is 4.79 Å². The highest BCUT2D eigenvalue weighted by atomic mass is 16.2. The summed E-state index contributed by atoms with van der Waals surface area (Å²) >= 11 is 0. The SMILES string of the molecule is CCC(C)NC(=O)NCCCn1cnc2ccccc21. The molecule has 1 aromatic carbocycles. The van der Waals surface area contributed by atoms with Crippen LogP contribution in [0.15, 0.2) is 30.6 Å². The third-order valence-corrected chi connectivity index (χ3v) is 3.38. The van der Waals surface area contributed by atoms with Crippen LogP contribution in [0.5, 0.6) is 0 Å². The topological polar surface area (TPSA) is 59.0 Å². The van der Waals surface area contributed by atoms with Gasteiger partial charge in [-0.05, 0) is 31.9 Å².